The van der Waals surface area contributed by atoms with Gasteiger partial charge in [0.25, 0.3) is 0 Å². The summed E-state index contributed by atoms with van der Waals surface area (Å²) in [4.78, 5) is 10.4. The number of rotatable bonds is 2. The van der Waals surface area contributed by atoms with Crippen molar-refractivity contribution in [2.75, 3.05) is 4.43 Å². The minimum atomic E-state index is 0.00185. The molecule has 0 aromatic carbocycles. The van der Waals surface area contributed by atoms with Crippen LogP contribution in [0.25, 0.3) is 0 Å². The Kier molecular flexibility index (Phi) is 5.52. The molecule has 0 spiro atoms. The standard InChI is InChI=1S/C3H3BrI2O/c4-3(6)2(7)1-5/h3H,1H2. The Labute approximate surface area is 78.0 Å². The summed E-state index contributed by atoms with van der Waals surface area (Å²) in [5, 5.41) is 0. The molecule has 0 rings (SSSR count). The largest absolute Gasteiger partial charge is 0.297 e. The molecule has 0 saturated heterocycles. The number of carbonyl (C=O) groups is 1. The number of Topliss-reactive ketones (excluding diaryl/α,β-unsaturated/α-hetero) is 1. The lowest BCUT2D eigenvalue weighted by Gasteiger charge is -1.91. The molecular formula is C3H3BrI2O. The highest BCUT2D eigenvalue weighted by atomic mass is 127. The third kappa shape index (κ3) is 4.14. The fraction of sp³-hybridized carbons (Fsp3) is 0.667. The quantitative estimate of drug-likeness (QED) is 0.523. The van der Waals surface area contributed by atoms with Crippen molar-refractivity contribution in [3.8, 4) is 0 Å². The number of halogens is 3. The molecule has 0 fully saturated rings. The van der Waals surface area contributed by atoms with E-state index in [2.05, 4.69) is 15.9 Å². The zero-order valence-corrected chi connectivity index (χ0v) is 9.23. The van der Waals surface area contributed by atoms with Crippen molar-refractivity contribution in [2.24, 2.45) is 0 Å². The Balaban J connectivity index is 3.35. The second-order valence-corrected chi connectivity index (χ2v) is 5.54. The minimum Gasteiger partial charge on any atom is -0.297 e. The van der Waals surface area contributed by atoms with Crippen molar-refractivity contribution in [3.05, 3.63) is 0 Å². The van der Waals surface area contributed by atoms with Crippen LogP contribution in [0.1, 0.15) is 0 Å². The van der Waals surface area contributed by atoms with Crippen LogP contribution in [0.2, 0.25) is 0 Å². The maximum atomic E-state index is 10.4. The third-order valence-electron chi connectivity index (χ3n) is 0.375. The number of hydrogen-bond donors (Lipinski definition) is 0. The smallest absolute Gasteiger partial charge is 0.165 e. The Bertz CT molecular complexity index is 73.3. The van der Waals surface area contributed by atoms with Crippen LogP contribution in [0, 0.1) is 0 Å². The fourth-order valence-corrected chi connectivity index (χ4v) is 2.33. The van der Waals surface area contributed by atoms with Crippen LogP contribution >= 0.6 is 61.1 Å². The molecule has 0 aliphatic heterocycles. The van der Waals surface area contributed by atoms with E-state index >= 15 is 0 Å². The normalized spacial score (nSPS) is 13.6. The number of carbonyl (C=O) groups excluding carboxylic acids is 1. The van der Waals surface area contributed by atoms with Crippen molar-refractivity contribution in [3.63, 3.8) is 0 Å². The van der Waals surface area contributed by atoms with Crippen LogP contribution in [0.5, 0.6) is 0 Å². The van der Waals surface area contributed by atoms with E-state index < -0.39 is 0 Å². The van der Waals surface area contributed by atoms with Crippen LogP contribution in [-0.4, -0.2) is 13.0 Å². The summed E-state index contributed by atoms with van der Waals surface area (Å²) in [5.41, 5.74) is 0. The van der Waals surface area contributed by atoms with Gasteiger partial charge in [-0.25, -0.2) is 0 Å². The molecule has 0 bridgehead atoms. The van der Waals surface area contributed by atoms with Gasteiger partial charge < -0.3 is 0 Å². The molecule has 0 amide bonds. The van der Waals surface area contributed by atoms with Crippen molar-refractivity contribution in [1.29, 1.82) is 0 Å². The molecule has 1 unspecified atom stereocenters. The second-order valence-electron chi connectivity index (χ2n) is 0.901. The fourth-order valence-electron chi connectivity index (χ4n) is 0.0583. The second kappa shape index (κ2) is 4.49. The van der Waals surface area contributed by atoms with Gasteiger partial charge in [0.15, 0.2) is 5.78 Å². The van der Waals surface area contributed by atoms with E-state index in [1.807, 2.05) is 45.2 Å². The van der Waals surface area contributed by atoms with E-state index in [1.165, 1.54) is 0 Å². The van der Waals surface area contributed by atoms with Crippen molar-refractivity contribution in [1.82, 2.24) is 0 Å². The van der Waals surface area contributed by atoms with Crippen LogP contribution in [0.3, 0.4) is 0 Å². The zero-order chi connectivity index (χ0) is 5.86. The predicted molar refractivity (Wildman–Crippen MR) is 50.6 cm³/mol. The Morgan fingerprint density at radius 2 is 2.29 bits per heavy atom. The summed E-state index contributed by atoms with van der Waals surface area (Å²) in [5.74, 6) is 0.237. The Morgan fingerprint density at radius 3 is 2.29 bits per heavy atom. The molecule has 0 radical (unpaired) electrons. The van der Waals surface area contributed by atoms with Gasteiger partial charge in [0.1, 0.15) is 2.83 Å². The number of alkyl halides is 3. The number of hydrogen-bond acceptors (Lipinski definition) is 1. The van der Waals surface area contributed by atoms with E-state index in [0.29, 0.717) is 4.43 Å². The molecule has 7 heavy (non-hydrogen) atoms. The van der Waals surface area contributed by atoms with Crippen LogP contribution in [-0.2, 0) is 4.79 Å². The van der Waals surface area contributed by atoms with Gasteiger partial charge in [0, 0.05) is 0 Å². The lowest BCUT2D eigenvalue weighted by Crippen LogP contribution is -2.06. The van der Waals surface area contributed by atoms with Gasteiger partial charge in [0.05, 0.1) is 4.43 Å². The summed E-state index contributed by atoms with van der Waals surface area (Å²) >= 11 is 7.21. The first-order valence-electron chi connectivity index (χ1n) is 1.55. The van der Waals surface area contributed by atoms with E-state index in [1.54, 1.807) is 0 Å². The summed E-state index contributed by atoms with van der Waals surface area (Å²) < 4.78 is 0.596. The van der Waals surface area contributed by atoms with E-state index in [0.717, 1.165) is 0 Å². The third-order valence-corrected chi connectivity index (χ3v) is 2.33. The van der Waals surface area contributed by atoms with Crippen LogP contribution in [0.15, 0.2) is 0 Å². The molecule has 0 aliphatic carbocycles. The molecule has 0 N–H and O–H groups in total. The van der Waals surface area contributed by atoms with Crippen LogP contribution in [0.4, 0.5) is 0 Å². The first kappa shape index (κ1) is 8.61. The monoisotopic (exact) mass is 388 g/mol. The van der Waals surface area contributed by atoms with Gasteiger partial charge >= 0.3 is 0 Å². The van der Waals surface area contributed by atoms with E-state index in [9.17, 15) is 4.79 Å². The molecule has 1 nitrogen and oxygen atoms in total. The van der Waals surface area contributed by atoms with Gasteiger partial charge in [-0.1, -0.05) is 61.1 Å². The highest BCUT2D eigenvalue weighted by Crippen LogP contribution is 2.10. The SMILES string of the molecule is O=C(CI)C(Br)I. The topological polar surface area (TPSA) is 17.1 Å². The van der Waals surface area contributed by atoms with Gasteiger partial charge in [-0.3, -0.25) is 4.79 Å². The van der Waals surface area contributed by atoms with Crippen LogP contribution < -0.4 is 0 Å². The van der Waals surface area contributed by atoms with Gasteiger partial charge in [-0.15, -0.1) is 0 Å². The number of ketones is 1. The van der Waals surface area contributed by atoms with Crippen molar-refractivity contribution < 1.29 is 4.79 Å². The highest BCUT2D eigenvalue weighted by Gasteiger charge is 2.06. The Morgan fingerprint density at radius 1 is 1.86 bits per heavy atom. The van der Waals surface area contributed by atoms with E-state index in [4.69, 9.17) is 0 Å². The maximum absolute atomic E-state index is 10.4. The summed E-state index contributed by atoms with van der Waals surface area (Å²) in [7, 11) is 0. The molecule has 0 heterocycles. The average molecular weight is 389 g/mol. The first-order valence-corrected chi connectivity index (χ1v) is 5.24. The molecule has 4 heteroatoms. The van der Waals surface area contributed by atoms with E-state index in [-0.39, 0.29) is 8.62 Å². The Hall–Kier alpha value is 1.61. The molecule has 0 aromatic heterocycles. The average Bonchev–Trinajstić information content (AvgIpc) is 1.65. The summed E-state index contributed by atoms with van der Waals surface area (Å²) in [6, 6.07) is 0. The first-order chi connectivity index (χ1) is 3.18. The predicted octanol–water partition coefficient (Wildman–Crippen LogP) is 2.15. The molecule has 0 aromatic rings. The van der Waals surface area contributed by atoms with Gasteiger partial charge in [-0.2, -0.15) is 0 Å². The summed E-state index contributed by atoms with van der Waals surface area (Å²) in [6.07, 6.45) is 0. The van der Waals surface area contributed by atoms with Crippen molar-refractivity contribution >= 4 is 66.9 Å². The summed E-state index contributed by atoms with van der Waals surface area (Å²) in [6.45, 7) is 0. The molecule has 42 valence electrons. The van der Waals surface area contributed by atoms with Gasteiger partial charge in [0.2, 0.25) is 0 Å². The zero-order valence-electron chi connectivity index (χ0n) is 3.33. The molecule has 0 aliphatic rings. The maximum Gasteiger partial charge on any atom is 0.165 e. The minimum absolute atomic E-state index is 0.00185. The lowest BCUT2D eigenvalue weighted by atomic mass is 10.5. The molecular weight excluding hydrogens is 386 g/mol. The highest BCUT2D eigenvalue weighted by molar-refractivity contribution is 14.1. The molecule has 0 saturated carbocycles. The lowest BCUT2D eigenvalue weighted by molar-refractivity contribution is -0.114. The van der Waals surface area contributed by atoms with Gasteiger partial charge in [-0.05, 0) is 0 Å². The van der Waals surface area contributed by atoms with Crippen molar-refractivity contribution in [2.45, 2.75) is 2.83 Å². The molecule has 1 atom stereocenters.